The quantitative estimate of drug-likeness (QED) is 0.288. The SMILES string of the molecule is CC(=NOCC(Cc1ccc(C)c(C)c1)c1cccc(C)c1)c1ccc(CN2CC(C(=O)O)C2)cc1. The summed E-state index contributed by atoms with van der Waals surface area (Å²) in [6.45, 7) is 10.9. The molecule has 0 amide bonds. The van der Waals surface area contributed by atoms with Crippen molar-refractivity contribution < 1.29 is 14.7 Å². The number of oxime groups is 1. The highest BCUT2D eigenvalue weighted by Crippen LogP contribution is 2.24. The number of hydrogen-bond donors (Lipinski definition) is 1. The Morgan fingerprint density at radius 2 is 1.72 bits per heavy atom. The van der Waals surface area contributed by atoms with Gasteiger partial charge in [-0.05, 0) is 67.5 Å². The number of aryl methyl sites for hydroxylation is 3. The number of aliphatic carboxylic acids is 1. The Bertz CT molecular complexity index is 1230. The van der Waals surface area contributed by atoms with E-state index in [9.17, 15) is 4.79 Å². The van der Waals surface area contributed by atoms with Gasteiger partial charge in [0.2, 0.25) is 0 Å². The van der Waals surface area contributed by atoms with Crippen molar-refractivity contribution in [1.29, 1.82) is 0 Å². The zero-order valence-corrected chi connectivity index (χ0v) is 21.7. The van der Waals surface area contributed by atoms with Gasteiger partial charge in [0.1, 0.15) is 6.61 Å². The summed E-state index contributed by atoms with van der Waals surface area (Å²) in [5.41, 5.74) is 9.46. The molecule has 1 heterocycles. The smallest absolute Gasteiger partial charge is 0.309 e. The third-order valence-electron chi connectivity index (χ3n) is 7.13. The van der Waals surface area contributed by atoms with Gasteiger partial charge in [-0.2, -0.15) is 0 Å². The predicted octanol–water partition coefficient (Wildman–Crippen LogP) is 5.90. The average Bonchev–Trinajstić information content (AvgIpc) is 2.82. The molecule has 36 heavy (non-hydrogen) atoms. The van der Waals surface area contributed by atoms with E-state index in [0.717, 1.165) is 24.2 Å². The summed E-state index contributed by atoms with van der Waals surface area (Å²) in [7, 11) is 0. The van der Waals surface area contributed by atoms with Crippen LogP contribution in [0.2, 0.25) is 0 Å². The fraction of sp³-hybridized carbons (Fsp3) is 0.355. The zero-order valence-electron chi connectivity index (χ0n) is 21.7. The molecule has 3 aromatic carbocycles. The topological polar surface area (TPSA) is 62.1 Å². The molecule has 3 aromatic rings. The summed E-state index contributed by atoms with van der Waals surface area (Å²) < 4.78 is 0. The van der Waals surface area contributed by atoms with Crippen molar-refractivity contribution in [3.63, 3.8) is 0 Å². The van der Waals surface area contributed by atoms with Crippen LogP contribution in [0.4, 0.5) is 0 Å². The van der Waals surface area contributed by atoms with Crippen molar-refractivity contribution in [3.05, 3.63) is 106 Å². The first-order valence-electron chi connectivity index (χ1n) is 12.6. The molecule has 5 heteroatoms. The number of carbonyl (C=O) groups is 1. The molecule has 4 rings (SSSR count). The van der Waals surface area contributed by atoms with Crippen LogP contribution in [0.1, 0.15) is 51.8 Å². The van der Waals surface area contributed by atoms with Crippen molar-refractivity contribution in [1.82, 2.24) is 4.90 Å². The number of likely N-dealkylation sites (tertiary alicyclic amines) is 1. The van der Waals surface area contributed by atoms with Gasteiger partial charge in [0.15, 0.2) is 0 Å². The third-order valence-corrected chi connectivity index (χ3v) is 7.13. The molecule has 0 aliphatic carbocycles. The van der Waals surface area contributed by atoms with Crippen LogP contribution in [-0.2, 0) is 22.6 Å². The molecule has 1 N–H and O–H groups in total. The maximum absolute atomic E-state index is 11.0. The largest absolute Gasteiger partial charge is 0.481 e. The van der Waals surface area contributed by atoms with Gasteiger partial charge in [-0.15, -0.1) is 0 Å². The number of rotatable bonds is 10. The summed E-state index contributed by atoms with van der Waals surface area (Å²) in [6.07, 6.45) is 0.896. The third kappa shape index (κ3) is 6.61. The van der Waals surface area contributed by atoms with E-state index in [0.29, 0.717) is 19.7 Å². The lowest BCUT2D eigenvalue weighted by Crippen LogP contribution is -2.49. The highest BCUT2D eigenvalue weighted by molar-refractivity contribution is 5.98. The second-order valence-corrected chi connectivity index (χ2v) is 10.1. The minimum Gasteiger partial charge on any atom is -0.481 e. The fourth-order valence-electron chi connectivity index (χ4n) is 4.65. The van der Waals surface area contributed by atoms with Gasteiger partial charge in [0.25, 0.3) is 0 Å². The first-order chi connectivity index (χ1) is 17.3. The van der Waals surface area contributed by atoms with E-state index in [-0.39, 0.29) is 11.8 Å². The second kappa shape index (κ2) is 11.5. The normalized spacial score (nSPS) is 15.4. The fourth-order valence-corrected chi connectivity index (χ4v) is 4.65. The minimum atomic E-state index is -0.702. The molecule has 1 fully saturated rings. The Labute approximate surface area is 214 Å². The molecule has 188 valence electrons. The van der Waals surface area contributed by atoms with E-state index in [4.69, 9.17) is 9.94 Å². The first kappa shape index (κ1) is 25.6. The van der Waals surface area contributed by atoms with Crippen LogP contribution in [0.15, 0.2) is 71.9 Å². The van der Waals surface area contributed by atoms with E-state index in [2.05, 4.69) is 97.6 Å². The van der Waals surface area contributed by atoms with Crippen molar-refractivity contribution in [2.45, 2.75) is 46.6 Å². The predicted molar refractivity (Wildman–Crippen MR) is 145 cm³/mol. The Kier molecular flexibility index (Phi) is 8.21. The summed E-state index contributed by atoms with van der Waals surface area (Å²) in [6, 6.07) is 23.6. The van der Waals surface area contributed by atoms with Crippen molar-refractivity contribution >= 4 is 11.7 Å². The number of hydrogen-bond acceptors (Lipinski definition) is 4. The summed E-state index contributed by atoms with van der Waals surface area (Å²) in [4.78, 5) is 19.1. The molecular formula is C31H36N2O3. The van der Waals surface area contributed by atoms with E-state index in [1.807, 2.05) is 6.92 Å². The van der Waals surface area contributed by atoms with Crippen LogP contribution in [0.5, 0.6) is 0 Å². The number of benzene rings is 3. The van der Waals surface area contributed by atoms with Crippen molar-refractivity contribution in [2.24, 2.45) is 11.1 Å². The first-order valence-corrected chi connectivity index (χ1v) is 12.6. The lowest BCUT2D eigenvalue weighted by atomic mass is 9.90. The lowest BCUT2D eigenvalue weighted by Gasteiger charge is -2.36. The van der Waals surface area contributed by atoms with Gasteiger partial charge < -0.3 is 9.94 Å². The van der Waals surface area contributed by atoms with Crippen LogP contribution >= 0.6 is 0 Å². The van der Waals surface area contributed by atoms with Crippen LogP contribution in [-0.4, -0.2) is 41.4 Å². The molecule has 1 aliphatic heterocycles. The Morgan fingerprint density at radius 3 is 2.39 bits per heavy atom. The van der Waals surface area contributed by atoms with E-state index < -0.39 is 5.97 Å². The lowest BCUT2D eigenvalue weighted by molar-refractivity contribution is -0.147. The monoisotopic (exact) mass is 484 g/mol. The molecule has 0 aromatic heterocycles. The van der Waals surface area contributed by atoms with Gasteiger partial charge in [-0.25, -0.2) is 0 Å². The summed E-state index contributed by atoms with van der Waals surface area (Å²) in [5.74, 6) is -0.724. The van der Waals surface area contributed by atoms with Crippen LogP contribution in [0, 0.1) is 26.7 Å². The maximum Gasteiger partial charge on any atom is 0.309 e. The molecular weight excluding hydrogens is 448 g/mol. The summed E-state index contributed by atoms with van der Waals surface area (Å²) in [5, 5.41) is 13.5. The van der Waals surface area contributed by atoms with Crippen LogP contribution in [0.25, 0.3) is 0 Å². The van der Waals surface area contributed by atoms with Crippen LogP contribution in [0.3, 0.4) is 0 Å². The molecule has 0 spiro atoms. The van der Waals surface area contributed by atoms with E-state index in [1.54, 1.807) is 0 Å². The van der Waals surface area contributed by atoms with Gasteiger partial charge in [-0.3, -0.25) is 9.69 Å². The van der Waals surface area contributed by atoms with Gasteiger partial charge in [0.05, 0.1) is 11.6 Å². The van der Waals surface area contributed by atoms with Crippen molar-refractivity contribution in [2.75, 3.05) is 19.7 Å². The molecule has 0 bridgehead atoms. The minimum absolute atomic E-state index is 0.206. The standard InChI is InChI=1S/C31H36N2O3/c1-21-6-5-7-28(14-21)29(16-26-9-8-22(2)23(3)15-26)20-36-32-24(4)27-12-10-25(11-13-27)17-33-18-30(19-33)31(34)35/h5-15,29-30H,16-20H2,1-4H3,(H,34,35). The summed E-state index contributed by atoms with van der Waals surface area (Å²) >= 11 is 0. The van der Waals surface area contributed by atoms with E-state index in [1.165, 1.54) is 33.4 Å². The average molecular weight is 485 g/mol. The molecule has 1 saturated heterocycles. The molecule has 1 atom stereocenters. The molecule has 1 unspecified atom stereocenters. The van der Waals surface area contributed by atoms with Crippen molar-refractivity contribution in [3.8, 4) is 0 Å². The number of carboxylic acids is 1. The highest BCUT2D eigenvalue weighted by atomic mass is 16.6. The molecule has 0 radical (unpaired) electrons. The van der Waals surface area contributed by atoms with Gasteiger partial charge in [-0.1, -0.05) is 77.4 Å². The Balaban J connectivity index is 1.38. The van der Waals surface area contributed by atoms with Gasteiger partial charge >= 0.3 is 5.97 Å². The maximum atomic E-state index is 11.0. The van der Waals surface area contributed by atoms with Crippen LogP contribution < -0.4 is 0 Å². The highest BCUT2D eigenvalue weighted by Gasteiger charge is 2.32. The van der Waals surface area contributed by atoms with Gasteiger partial charge in [0, 0.05) is 25.6 Å². The zero-order chi connectivity index (χ0) is 25.7. The number of nitrogens with zero attached hydrogens (tertiary/aromatic N) is 2. The second-order valence-electron chi connectivity index (χ2n) is 10.1. The Morgan fingerprint density at radius 1 is 1.00 bits per heavy atom. The Hall–Kier alpha value is -3.44. The molecule has 0 saturated carbocycles. The van der Waals surface area contributed by atoms with E-state index >= 15 is 0 Å². The number of carboxylic acid groups (broad SMARTS) is 1. The molecule has 1 aliphatic rings. The molecule has 5 nitrogen and oxygen atoms in total.